The van der Waals surface area contributed by atoms with Crippen molar-refractivity contribution in [1.82, 2.24) is 5.32 Å². The van der Waals surface area contributed by atoms with E-state index >= 15 is 0 Å². The van der Waals surface area contributed by atoms with E-state index in [4.69, 9.17) is 5.73 Å². The van der Waals surface area contributed by atoms with Gasteiger partial charge in [-0.15, -0.1) is 0 Å². The Kier molecular flexibility index (Phi) is 6.44. The standard InChI is InChI=1S/C15H24N2O/c1-3-12(10-14(16)4-2)11-17-15(18)13-8-6-5-7-9-13/h5-9,12,14H,3-4,10-11,16H2,1-2H3,(H,17,18). The second-order valence-electron chi connectivity index (χ2n) is 4.75. The molecule has 18 heavy (non-hydrogen) atoms. The van der Waals surface area contributed by atoms with Gasteiger partial charge < -0.3 is 11.1 Å². The Hall–Kier alpha value is -1.35. The van der Waals surface area contributed by atoms with Crippen molar-refractivity contribution in [3.8, 4) is 0 Å². The molecule has 0 fully saturated rings. The van der Waals surface area contributed by atoms with Crippen molar-refractivity contribution in [1.29, 1.82) is 0 Å². The van der Waals surface area contributed by atoms with Crippen LogP contribution in [0.4, 0.5) is 0 Å². The van der Waals surface area contributed by atoms with Crippen molar-refractivity contribution in [2.24, 2.45) is 11.7 Å². The lowest BCUT2D eigenvalue weighted by Crippen LogP contribution is -2.32. The summed E-state index contributed by atoms with van der Waals surface area (Å²) in [6.07, 6.45) is 3.01. The smallest absolute Gasteiger partial charge is 0.251 e. The molecule has 0 aliphatic rings. The third-order valence-electron chi connectivity index (χ3n) is 3.33. The van der Waals surface area contributed by atoms with Crippen LogP contribution in [0.2, 0.25) is 0 Å². The average Bonchev–Trinajstić information content (AvgIpc) is 2.43. The minimum atomic E-state index is -0.000815. The van der Waals surface area contributed by atoms with Crippen LogP contribution in [0.15, 0.2) is 30.3 Å². The average molecular weight is 248 g/mol. The molecule has 1 aromatic rings. The molecule has 0 aliphatic carbocycles. The van der Waals surface area contributed by atoms with Crippen molar-refractivity contribution in [3.63, 3.8) is 0 Å². The first-order valence-corrected chi connectivity index (χ1v) is 6.76. The molecule has 0 bridgehead atoms. The molecule has 100 valence electrons. The van der Waals surface area contributed by atoms with E-state index in [0.717, 1.165) is 19.3 Å². The lowest BCUT2D eigenvalue weighted by Gasteiger charge is -2.19. The first-order valence-electron chi connectivity index (χ1n) is 6.76. The third kappa shape index (κ3) is 4.88. The topological polar surface area (TPSA) is 55.1 Å². The number of amides is 1. The van der Waals surface area contributed by atoms with Gasteiger partial charge in [0, 0.05) is 18.2 Å². The molecular weight excluding hydrogens is 224 g/mol. The Labute approximate surface area is 110 Å². The van der Waals surface area contributed by atoms with Crippen molar-refractivity contribution in [2.75, 3.05) is 6.54 Å². The monoisotopic (exact) mass is 248 g/mol. The minimum absolute atomic E-state index is 0.000815. The first kappa shape index (κ1) is 14.7. The summed E-state index contributed by atoms with van der Waals surface area (Å²) in [5, 5.41) is 2.98. The summed E-state index contributed by atoms with van der Waals surface area (Å²) in [7, 11) is 0. The van der Waals surface area contributed by atoms with Gasteiger partial charge in [-0.3, -0.25) is 4.79 Å². The normalized spacial score (nSPS) is 13.9. The maximum Gasteiger partial charge on any atom is 0.251 e. The summed E-state index contributed by atoms with van der Waals surface area (Å²) >= 11 is 0. The van der Waals surface area contributed by atoms with Crippen molar-refractivity contribution in [3.05, 3.63) is 35.9 Å². The maximum atomic E-state index is 11.9. The summed E-state index contributed by atoms with van der Waals surface area (Å²) in [5.74, 6) is 0.465. The van der Waals surface area contributed by atoms with Gasteiger partial charge in [-0.1, -0.05) is 38.5 Å². The molecule has 0 aliphatic heterocycles. The van der Waals surface area contributed by atoms with E-state index in [0.29, 0.717) is 18.0 Å². The van der Waals surface area contributed by atoms with E-state index in [1.807, 2.05) is 30.3 Å². The fourth-order valence-corrected chi connectivity index (χ4v) is 1.92. The Bertz CT molecular complexity index is 351. The van der Waals surface area contributed by atoms with Crippen LogP contribution in [-0.4, -0.2) is 18.5 Å². The van der Waals surface area contributed by atoms with E-state index in [9.17, 15) is 4.79 Å². The van der Waals surface area contributed by atoms with Crippen molar-refractivity contribution < 1.29 is 4.79 Å². The highest BCUT2D eigenvalue weighted by molar-refractivity contribution is 5.94. The zero-order chi connectivity index (χ0) is 13.4. The van der Waals surface area contributed by atoms with Crippen LogP contribution in [-0.2, 0) is 0 Å². The summed E-state index contributed by atoms with van der Waals surface area (Å²) in [6, 6.07) is 9.55. The second-order valence-corrected chi connectivity index (χ2v) is 4.75. The highest BCUT2D eigenvalue weighted by atomic mass is 16.1. The van der Waals surface area contributed by atoms with Gasteiger partial charge in [0.15, 0.2) is 0 Å². The van der Waals surface area contributed by atoms with Gasteiger partial charge in [-0.2, -0.15) is 0 Å². The molecule has 0 saturated heterocycles. The van der Waals surface area contributed by atoms with Gasteiger partial charge in [0.1, 0.15) is 0 Å². The van der Waals surface area contributed by atoms with Crippen LogP contribution in [0.3, 0.4) is 0 Å². The van der Waals surface area contributed by atoms with Crippen LogP contribution in [0.25, 0.3) is 0 Å². The van der Waals surface area contributed by atoms with Crippen molar-refractivity contribution >= 4 is 5.91 Å². The first-order chi connectivity index (χ1) is 8.67. The van der Waals surface area contributed by atoms with Gasteiger partial charge >= 0.3 is 0 Å². The number of nitrogens with two attached hydrogens (primary N) is 1. The second kappa shape index (κ2) is 7.88. The van der Waals surface area contributed by atoms with E-state index in [2.05, 4.69) is 19.2 Å². The molecular formula is C15H24N2O. The Morgan fingerprint density at radius 3 is 2.44 bits per heavy atom. The lowest BCUT2D eigenvalue weighted by atomic mass is 9.96. The van der Waals surface area contributed by atoms with Gasteiger partial charge in [-0.25, -0.2) is 0 Å². The fraction of sp³-hybridized carbons (Fsp3) is 0.533. The highest BCUT2D eigenvalue weighted by Gasteiger charge is 2.12. The number of hydrogen-bond acceptors (Lipinski definition) is 2. The third-order valence-corrected chi connectivity index (χ3v) is 3.33. The molecule has 2 atom stereocenters. The molecule has 1 amide bonds. The zero-order valence-electron chi connectivity index (χ0n) is 11.4. The molecule has 2 unspecified atom stereocenters. The maximum absolute atomic E-state index is 11.9. The van der Waals surface area contributed by atoms with Crippen LogP contribution >= 0.6 is 0 Å². The number of rotatable bonds is 7. The predicted octanol–water partition coefficient (Wildman–Crippen LogP) is 2.57. The summed E-state index contributed by atoms with van der Waals surface area (Å²) in [6.45, 7) is 4.94. The molecule has 3 heteroatoms. The summed E-state index contributed by atoms with van der Waals surface area (Å²) < 4.78 is 0. The molecule has 0 spiro atoms. The SMILES string of the molecule is CCC(N)CC(CC)CNC(=O)c1ccccc1. The Morgan fingerprint density at radius 1 is 1.22 bits per heavy atom. The van der Waals surface area contributed by atoms with Crippen LogP contribution in [0.1, 0.15) is 43.5 Å². The van der Waals surface area contributed by atoms with E-state index < -0.39 is 0 Å². The quantitative estimate of drug-likeness (QED) is 0.779. The predicted molar refractivity (Wildman–Crippen MR) is 75.4 cm³/mol. The fourth-order valence-electron chi connectivity index (χ4n) is 1.92. The largest absolute Gasteiger partial charge is 0.352 e. The molecule has 0 saturated carbocycles. The number of nitrogens with one attached hydrogen (secondary N) is 1. The van der Waals surface area contributed by atoms with Gasteiger partial charge in [-0.05, 0) is 30.9 Å². The van der Waals surface area contributed by atoms with Gasteiger partial charge in [0.05, 0.1) is 0 Å². The Balaban J connectivity index is 2.41. The molecule has 0 aromatic heterocycles. The number of hydrogen-bond donors (Lipinski definition) is 2. The number of benzene rings is 1. The lowest BCUT2D eigenvalue weighted by molar-refractivity contribution is 0.0945. The van der Waals surface area contributed by atoms with Crippen LogP contribution in [0.5, 0.6) is 0 Å². The molecule has 1 rings (SSSR count). The molecule has 1 aromatic carbocycles. The van der Waals surface area contributed by atoms with Gasteiger partial charge in [0.25, 0.3) is 5.91 Å². The molecule has 0 radical (unpaired) electrons. The van der Waals surface area contributed by atoms with Crippen LogP contribution < -0.4 is 11.1 Å². The summed E-state index contributed by atoms with van der Waals surface area (Å²) in [4.78, 5) is 11.9. The van der Waals surface area contributed by atoms with E-state index in [1.165, 1.54) is 0 Å². The molecule has 0 heterocycles. The van der Waals surface area contributed by atoms with E-state index in [1.54, 1.807) is 0 Å². The highest BCUT2D eigenvalue weighted by Crippen LogP contribution is 2.11. The molecule has 3 nitrogen and oxygen atoms in total. The minimum Gasteiger partial charge on any atom is -0.352 e. The number of carbonyl (C=O) groups is 1. The summed E-state index contributed by atoms with van der Waals surface area (Å²) in [5.41, 5.74) is 6.67. The Morgan fingerprint density at radius 2 is 1.89 bits per heavy atom. The molecule has 3 N–H and O–H groups in total. The number of carbonyl (C=O) groups excluding carboxylic acids is 1. The van der Waals surface area contributed by atoms with Crippen molar-refractivity contribution in [2.45, 2.75) is 39.2 Å². The van der Waals surface area contributed by atoms with E-state index in [-0.39, 0.29) is 11.9 Å². The van der Waals surface area contributed by atoms with Crippen LogP contribution in [0, 0.1) is 5.92 Å². The van der Waals surface area contributed by atoms with Gasteiger partial charge in [0.2, 0.25) is 0 Å². The zero-order valence-corrected chi connectivity index (χ0v) is 11.4.